The number of hydrogen-bond acceptors (Lipinski definition) is 5. The van der Waals surface area contributed by atoms with Crippen LogP contribution in [0.4, 0.5) is 10.5 Å². The number of esters is 1. The molecule has 0 radical (unpaired) electrons. The first-order chi connectivity index (χ1) is 13.7. The maximum atomic E-state index is 12.6. The fourth-order valence-electron chi connectivity index (χ4n) is 3.69. The molecule has 1 atom stereocenters. The molecule has 1 aromatic rings. The summed E-state index contributed by atoms with van der Waals surface area (Å²) in [5.41, 5.74) is 0.440. The van der Waals surface area contributed by atoms with Crippen LogP contribution in [0.2, 0.25) is 5.02 Å². The van der Waals surface area contributed by atoms with Crippen molar-refractivity contribution in [2.75, 3.05) is 11.9 Å². The lowest BCUT2D eigenvalue weighted by molar-refractivity contribution is -0.153. The summed E-state index contributed by atoms with van der Waals surface area (Å²) in [5, 5.41) is 5.95. The van der Waals surface area contributed by atoms with Crippen LogP contribution in [0.3, 0.4) is 0 Å². The largest absolute Gasteiger partial charge is 0.452 e. The molecule has 2 fully saturated rings. The van der Waals surface area contributed by atoms with E-state index in [2.05, 4.69) is 10.6 Å². The van der Waals surface area contributed by atoms with E-state index in [1.165, 1.54) is 6.92 Å². The van der Waals surface area contributed by atoms with E-state index in [1.807, 2.05) is 0 Å². The number of ether oxygens (including phenoxy) is 1. The van der Waals surface area contributed by atoms with Gasteiger partial charge in [0.05, 0.1) is 6.42 Å². The van der Waals surface area contributed by atoms with Crippen LogP contribution in [0, 0.1) is 6.92 Å². The molecular weight excluding hydrogens is 398 g/mol. The SMILES string of the molecule is Cc1c(Cl)cccc1NC(=O)[C@H](C)OC(=O)CCN1C(=O)NC2(CCCC2)C1=O. The highest BCUT2D eigenvalue weighted by molar-refractivity contribution is 6.31. The van der Waals surface area contributed by atoms with Crippen molar-refractivity contribution < 1.29 is 23.9 Å². The van der Waals surface area contributed by atoms with E-state index in [4.69, 9.17) is 16.3 Å². The van der Waals surface area contributed by atoms with Crippen LogP contribution < -0.4 is 10.6 Å². The Balaban J connectivity index is 1.50. The molecule has 4 amide bonds. The predicted molar refractivity (Wildman–Crippen MR) is 106 cm³/mol. The Morgan fingerprint density at radius 2 is 2.00 bits per heavy atom. The summed E-state index contributed by atoms with van der Waals surface area (Å²) >= 11 is 6.03. The number of nitrogens with one attached hydrogen (secondary N) is 2. The van der Waals surface area contributed by atoms with Gasteiger partial charge in [-0.3, -0.25) is 19.3 Å². The quantitative estimate of drug-likeness (QED) is 0.542. The van der Waals surface area contributed by atoms with Crippen LogP contribution in [-0.4, -0.2) is 46.9 Å². The van der Waals surface area contributed by atoms with E-state index in [0.29, 0.717) is 29.1 Å². The summed E-state index contributed by atoms with van der Waals surface area (Å²) in [6.45, 7) is 3.14. The van der Waals surface area contributed by atoms with E-state index in [0.717, 1.165) is 17.7 Å². The molecule has 2 aliphatic rings. The molecule has 1 saturated carbocycles. The normalized spacial score (nSPS) is 18.7. The lowest BCUT2D eigenvalue weighted by Crippen LogP contribution is -2.44. The Labute approximate surface area is 173 Å². The molecule has 9 heteroatoms. The molecule has 8 nitrogen and oxygen atoms in total. The van der Waals surface area contributed by atoms with Crippen LogP contribution in [-0.2, 0) is 19.1 Å². The van der Waals surface area contributed by atoms with E-state index in [9.17, 15) is 19.2 Å². The lowest BCUT2D eigenvalue weighted by Gasteiger charge is -2.20. The first-order valence-electron chi connectivity index (χ1n) is 9.63. The van der Waals surface area contributed by atoms with Crippen LogP contribution in [0.1, 0.15) is 44.6 Å². The molecule has 1 spiro atoms. The van der Waals surface area contributed by atoms with Gasteiger partial charge in [-0.05, 0) is 44.4 Å². The van der Waals surface area contributed by atoms with Crippen molar-refractivity contribution in [1.29, 1.82) is 0 Å². The van der Waals surface area contributed by atoms with Gasteiger partial charge >= 0.3 is 12.0 Å². The van der Waals surface area contributed by atoms with Gasteiger partial charge in [-0.25, -0.2) is 4.79 Å². The van der Waals surface area contributed by atoms with Crippen molar-refractivity contribution in [3.05, 3.63) is 28.8 Å². The number of rotatable bonds is 6. The zero-order valence-electron chi connectivity index (χ0n) is 16.4. The third kappa shape index (κ3) is 4.37. The van der Waals surface area contributed by atoms with Crippen molar-refractivity contribution in [1.82, 2.24) is 10.2 Å². The summed E-state index contributed by atoms with van der Waals surface area (Å²) in [5.74, 6) is -1.44. The number of imide groups is 1. The van der Waals surface area contributed by atoms with Crippen LogP contribution in [0.5, 0.6) is 0 Å². The molecule has 1 saturated heterocycles. The summed E-state index contributed by atoms with van der Waals surface area (Å²) in [7, 11) is 0. The van der Waals surface area contributed by atoms with Gasteiger partial charge in [0.1, 0.15) is 5.54 Å². The number of halogens is 1. The number of carbonyl (C=O) groups excluding carboxylic acids is 4. The van der Waals surface area contributed by atoms with Crippen molar-refractivity contribution in [3.8, 4) is 0 Å². The van der Waals surface area contributed by atoms with Gasteiger partial charge in [0, 0.05) is 17.3 Å². The van der Waals surface area contributed by atoms with Gasteiger partial charge in [-0.1, -0.05) is 30.5 Å². The molecule has 1 aromatic carbocycles. The standard InChI is InChI=1S/C20H24ClN3O5/c1-12-14(21)6-5-7-15(12)22-17(26)13(2)29-16(25)8-11-24-18(27)20(23-19(24)28)9-3-4-10-20/h5-7,13H,3-4,8-11H2,1-2H3,(H,22,26)(H,23,28)/t13-/m0/s1. The van der Waals surface area contributed by atoms with E-state index >= 15 is 0 Å². The molecule has 1 aliphatic heterocycles. The smallest absolute Gasteiger partial charge is 0.325 e. The summed E-state index contributed by atoms with van der Waals surface area (Å²) in [4.78, 5) is 50.1. The Kier molecular flexibility index (Phi) is 6.12. The summed E-state index contributed by atoms with van der Waals surface area (Å²) in [6, 6.07) is 4.63. The van der Waals surface area contributed by atoms with Crippen molar-refractivity contribution >= 4 is 41.1 Å². The van der Waals surface area contributed by atoms with Gasteiger partial charge in [0.2, 0.25) is 0 Å². The number of carbonyl (C=O) groups is 4. The van der Waals surface area contributed by atoms with Gasteiger partial charge in [-0.2, -0.15) is 0 Å². The van der Waals surface area contributed by atoms with Crippen LogP contribution in [0.15, 0.2) is 18.2 Å². The van der Waals surface area contributed by atoms with E-state index in [-0.39, 0.29) is 18.9 Å². The minimum Gasteiger partial charge on any atom is -0.452 e. The van der Waals surface area contributed by atoms with Gasteiger partial charge < -0.3 is 15.4 Å². The monoisotopic (exact) mass is 421 g/mol. The molecule has 0 unspecified atom stereocenters. The third-order valence-electron chi connectivity index (χ3n) is 5.45. The number of amides is 4. The van der Waals surface area contributed by atoms with Crippen LogP contribution in [0.25, 0.3) is 0 Å². The number of hydrogen-bond donors (Lipinski definition) is 2. The number of benzene rings is 1. The van der Waals surface area contributed by atoms with Crippen molar-refractivity contribution in [2.24, 2.45) is 0 Å². The fraction of sp³-hybridized carbons (Fsp3) is 0.500. The highest BCUT2D eigenvalue weighted by atomic mass is 35.5. The number of nitrogens with zero attached hydrogens (tertiary/aromatic N) is 1. The highest BCUT2D eigenvalue weighted by Gasteiger charge is 2.52. The molecule has 3 rings (SSSR count). The average molecular weight is 422 g/mol. The van der Waals surface area contributed by atoms with Gasteiger partial charge in [0.15, 0.2) is 6.10 Å². The second kappa shape index (κ2) is 8.41. The maximum absolute atomic E-state index is 12.6. The topological polar surface area (TPSA) is 105 Å². The third-order valence-corrected chi connectivity index (χ3v) is 5.86. The predicted octanol–water partition coefficient (Wildman–Crippen LogP) is 2.77. The molecule has 2 N–H and O–H groups in total. The number of urea groups is 1. The summed E-state index contributed by atoms with van der Waals surface area (Å²) in [6.07, 6.45) is 1.81. The lowest BCUT2D eigenvalue weighted by atomic mass is 9.98. The first kappa shape index (κ1) is 21.1. The minimum atomic E-state index is -1.04. The zero-order chi connectivity index (χ0) is 21.2. The van der Waals surface area contributed by atoms with E-state index < -0.39 is 29.6 Å². The van der Waals surface area contributed by atoms with Crippen molar-refractivity contribution in [2.45, 2.75) is 57.6 Å². The number of anilines is 1. The molecule has 1 aliphatic carbocycles. The Morgan fingerprint density at radius 1 is 1.31 bits per heavy atom. The Morgan fingerprint density at radius 3 is 2.69 bits per heavy atom. The van der Waals surface area contributed by atoms with Gasteiger partial charge in [0.25, 0.3) is 11.8 Å². The highest BCUT2D eigenvalue weighted by Crippen LogP contribution is 2.35. The maximum Gasteiger partial charge on any atom is 0.325 e. The zero-order valence-corrected chi connectivity index (χ0v) is 17.2. The second-order valence-corrected chi connectivity index (χ2v) is 7.87. The molecule has 0 aromatic heterocycles. The van der Waals surface area contributed by atoms with Gasteiger partial charge in [-0.15, -0.1) is 0 Å². The molecule has 29 heavy (non-hydrogen) atoms. The molecule has 1 heterocycles. The minimum absolute atomic E-state index is 0.0764. The Bertz CT molecular complexity index is 851. The van der Waals surface area contributed by atoms with Crippen molar-refractivity contribution in [3.63, 3.8) is 0 Å². The molecular formula is C20H24ClN3O5. The second-order valence-electron chi connectivity index (χ2n) is 7.46. The summed E-state index contributed by atoms with van der Waals surface area (Å²) < 4.78 is 5.15. The average Bonchev–Trinajstić information content (AvgIpc) is 3.23. The fourth-order valence-corrected chi connectivity index (χ4v) is 3.86. The molecule has 0 bridgehead atoms. The van der Waals surface area contributed by atoms with Crippen LogP contribution >= 0.6 is 11.6 Å². The molecule has 156 valence electrons. The Hall–Kier alpha value is -2.61. The first-order valence-corrected chi connectivity index (χ1v) is 10.0. The van der Waals surface area contributed by atoms with E-state index in [1.54, 1.807) is 25.1 Å².